The lowest BCUT2D eigenvalue weighted by Gasteiger charge is -2.30. The summed E-state index contributed by atoms with van der Waals surface area (Å²) in [5.74, 6) is 0.391. The summed E-state index contributed by atoms with van der Waals surface area (Å²) in [6, 6.07) is 4.97. The third-order valence-corrected chi connectivity index (χ3v) is 3.59. The fourth-order valence-corrected chi connectivity index (χ4v) is 2.52. The predicted octanol–water partition coefficient (Wildman–Crippen LogP) is 2.32. The van der Waals surface area contributed by atoms with Crippen LogP contribution < -0.4 is 10.5 Å². The van der Waals surface area contributed by atoms with E-state index < -0.39 is 0 Å². The molecular formula is C13H16Cl2N2O2. The van der Waals surface area contributed by atoms with Crippen molar-refractivity contribution in [1.29, 1.82) is 0 Å². The van der Waals surface area contributed by atoms with Crippen LogP contribution >= 0.6 is 23.2 Å². The summed E-state index contributed by atoms with van der Waals surface area (Å²) in [4.78, 5) is 13.7. The standard InChI is InChI=1S/C13H16Cl2N2O2/c14-9-3-4-12(11(15)6-9)19-8-13(18)17-5-1-2-10(16)7-17/h3-4,6,10H,1-2,5,7-8,16H2. The molecule has 0 spiro atoms. The van der Waals surface area contributed by atoms with Crippen molar-refractivity contribution >= 4 is 29.1 Å². The maximum absolute atomic E-state index is 12.0. The minimum absolute atomic E-state index is 0.0337. The van der Waals surface area contributed by atoms with Crippen molar-refractivity contribution < 1.29 is 9.53 Å². The number of carbonyl (C=O) groups is 1. The molecule has 19 heavy (non-hydrogen) atoms. The average molecular weight is 303 g/mol. The van der Waals surface area contributed by atoms with E-state index in [0.717, 1.165) is 19.4 Å². The van der Waals surface area contributed by atoms with E-state index in [0.29, 0.717) is 22.3 Å². The second kappa shape index (κ2) is 6.46. The molecule has 1 aliphatic heterocycles. The first kappa shape index (κ1) is 14.4. The Morgan fingerprint density at radius 2 is 2.26 bits per heavy atom. The van der Waals surface area contributed by atoms with Crippen LogP contribution in [0.2, 0.25) is 10.0 Å². The van der Waals surface area contributed by atoms with Crippen molar-refractivity contribution in [2.45, 2.75) is 18.9 Å². The van der Waals surface area contributed by atoms with Crippen molar-refractivity contribution in [3.05, 3.63) is 28.2 Å². The van der Waals surface area contributed by atoms with E-state index in [4.69, 9.17) is 33.7 Å². The average Bonchev–Trinajstić information content (AvgIpc) is 2.37. The van der Waals surface area contributed by atoms with E-state index in [1.54, 1.807) is 23.1 Å². The van der Waals surface area contributed by atoms with E-state index in [2.05, 4.69) is 0 Å². The van der Waals surface area contributed by atoms with Crippen molar-refractivity contribution in [2.75, 3.05) is 19.7 Å². The van der Waals surface area contributed by atoms with Crippen LogP contribution in [0.25, 0.3) is 0 Å². The van der Waals surface area contributed by atoms with Gasteiger partial charge in [-0.25, -0.2) is 0 Å². The van der Waals surface area contributed by atoms with Gasteiger partial charge in [-0.1, -0.05) is 23.2 Å². The molecule has 1 atom stereocenters. The zero-order valence-corrected chi connectivity index (χ0v) is 12.0. The molecule has 4 nitrogen and oxygen atoms in total. The molecule has 1 aromatic rings. The molecule has 0 radical (unpaired) electrons. The number of hydrogen-bond acceptors (Lipinski definition) is 3. The Bertz CT molecular complexity index is 468. The van der Waals surface area contributed by atoms with Crippen LogP contribution in [0.4, 0.5) is 0 Å². The summed E-state index contributed by atoms with van der Waals surface area (Å²) in [7, 11) is 0. The predicted molar refractivity (Wildman–Crippen MR) is 75.7 cm³/mol. The number of carbonyl (C=O) groups excluding carboxylic acids is 1. The van der Waals surface area contributed by atoms with Gasteiger partial charge in [0, 0.05) is 24.2 Å². The van der Waals surface area contributed by atoms with Crippen LogP contribution in [0, 0.1) is 0 Å². The van der Waals surface area contributed by atoms with Gasteiger partial charge < -0.3 is 15.4 Å². The zero-order chi connectivity index (χ0) is 13.8. The maximum Gasteiger partial charge on any atom is 0.260 e. The topological polar surface area (TPSA) is 55.6 Å². The van der Waals surface area contributed by atoms with Crippen molar-refractivity contribution in [3.63, 3.8) is 0 Å². The number of piperidine rings is 1. The number of nitrogens with zero attached hydrogens (tertiary/aromatic N) is 1. The third-order valence-electron chi connectivity index (χ3n) is 3.06. The highest BCUT2D eigenvalue weighted by molar-refractivity contribution is 6.35. The highest BCUT2D eigenvalue weighted by atomic mass is 35.5. The number of benzene rings is 1. The highest BCUT2D eigenvalue weighted by Crippen LogP contribution is 2.27. The minimum Gasteiger partial charge on any atom is -0.482 e. The van der Waals surface area contributed by atoms with Crippen LogP contribution in [0.1, 0.15) is 12.8 Å². The number of likely N-dealkylation sites (tertiary alicyclic amines) is 1. The number of amides is 1. The van der Waals surface area contributed by atoms with E-state index in [1.165, 1.54) is 0 Å². The smallest absolute Gasteiger partial charge is 0.260 e. The lowest BCUT2D eigenvalue weighted by Crippen LogP contribution is -2.47. The van der Waals surface area contributed by atoms with Crippen LogP contribution in [-0.2, 0) is 4.79 Å². The van der Waals surface area contributed by atoms with Gasteiger partial charge in [-0.15, -0.1) is 0 Å². The van der Waals surface area contributed by atoms with Crippen molar-refractivity contribution in [2.24, 2.45) is 5.73 Å². The molecule has 1 amide bonds. The molecule has 1 saturated heterocycles. The van der Waals surface area contributed by atoms with Gasteiger partial charge in [-0.3, -0.25) is 4.79 Å². The molecule has 6 heteroatoms. The van der Waals surface area contributed by atoms with Crippen LogP contribution in [0.5, 0.6) is 5.75 Å². The number of hydrogen-bond donors (Lipinski definition) is 1. The normalized spacial score (nSPS) is 19.3. The Balaban J connectivity index is 1.89. The Hall–Kier alpha value is -0.970. The lowest BCUT2D eigenvalue weighted by molar-refractivity contribution is -0.134. The molecule has 0 saturated carbocycles. The maximum atomic E-state index is 12.0. The first-order valence-electron chi connectivity index (χ1n) is 6.17. The Morgan fingerprint density at radius 3 is 2.95 bits per heavy atom. The van der Waals surface area contributed by atoms with Crippen molar-refractivity contribution in [1.82, 2.24) is 4.90 Å². The van der Waals surface area contributed by atoms with Gasteiger partial charge in [0.25, 0.3) is 5.91 Å². The fraction of sp³-hybridized carbons (Fsp3) is 0.462. The van der Waals surface area contributed by atoms with Gasteiger partial charge in [0.15, 0.2) is 6.61 Å². The number of ether oxygens (including phenoxy) is 1. The minimum atomic E-state index is -0.0684. The van der Waals surface area contributed by atoms with Gasteiger partial charge in [-0.05, 0) is 31.0 Å². The van der Waals surface area contributed by atoms with Crippen LogP contribution in [0.15, 0.2) is 18.2 Å². The van der Waals surface area contributed by atoms with Crippen molar-refractivity contribution in [3.8, 4) is 5.75 Å². The van der Waals surface area contributed by atoms with Gasteiger partial charge in [0.05, 0.1) is 5.02 Å². The molecule has 1 aromatic carbocycles. The number of nitrogens with two attached hydrogens (primary N) is 1. The Labute approximate surface area is 122 Å². The monoisotopic (exact) mass is 302 g/mol. The summed E-state index contributed by atoms with van der Waals surface area (Å²) in [6.07, 6.45) is 1.91. The van der Waals surface area contributed by atoms with Gasteiger partial charge in [-0.2, -0.15) is 0 Å². The molecule has 0 aromatic heterocycles. The second-order valence-corrected chi connectivity index (χ2v) is 5.45. The lowest BCUT2D eigenvalue weighted by atomic mass is 10.1. The molecule has 0 aliphatic carbocycles. The molecule has 0 bridgehead atoms. The number of halogens is 2. The van der Waals surface area contributed by atoms with Gasteiger partial charge in [0.1, 0.15) is 5.75 Å². The van der Waals surface area contributed by atoms with E-state index in [1.807, 2.05) is 0 Å². The van der Waals surface area contributed by atoms with Gasteiger partial charge in [0.2, 0.25) is 0 Å². The number of rotatable bonds is 3. The molecule has 1 unspecified atom stereocenters. The summed E-state index contributed by atoms with van der Waals surface area (Å²) >= 11 is 11.8. The van der Waals surface area contributed by atoms with E-state index in [9.17, 15) is 4.79 Å². The molecule has 1 fully saturated rings. The zero-order valence-electron chi connectivity index (χ0n) is 10.4. The molecule has 104 valence electrons. The van der Waals surface area contributed by atoms with E-state index >= 15 is 0 Å². The first-order chi connectivity index (χ1) is 9.06. The summed E-state index contributed by atoms with van der Waals surface area (Å²) in [6.45, 7) is 1.30. The SMILES string of the molecule is NC1CCCN(C(=O)COc2ccc(Cl)cc2Cl)C1. The Morgan fingerprint density at radius 1 is 1.47 bits per heavy atom. The largest absolute Gasteiger partial charge is 0.482 e. The fourth-order valence-electron chi connectivity index (χ4n) is 2.06. The van der Waals surface area contributed by atoms with E-state index in [-0.39, 0.29) is 18.6 Å². The Kier molecular flexibility index (Phi) is 4.91. The summed E-state index contributed by atoms with van der Waals surface area (Å²) in [5.41, 5.74) is 5.84. The molecule has 2 N–H and O–H groups in total. The first-order valence-corrected chi connectivity index (χ1v) is 6.93. The van der Waals surface area contributed by atoms with Crippen LogP contribution in [0.3, 0.4) is 0 Å². The quantitative estimate of drug-likeness (QED) is 0.932. The molecular weight excluding hydrogens is 287 g/mol. The second-order valence-electron chi connectivity index (χ2n) is 4.61. The molecule has 1 heterocycles. The summed E-state index contributed by atoms with van der Waals surface area (Å²) in [5, 5.41) is 0.932. The summed E-state index contributed by atoms with van der Waals surface area (Å²) < 4.78 is 5.42. The third kappa shape index (κ3) is 4.00. The van der Waals surface area contributed by atoms with Crippen LogP contribution in [-0.4, -0.2) is 36.5 Å². The highest BCUT2D eigenvalue weighted by Gasteiger charge is 2.21. The molecule has 2 rings (SSSR count). The molecule has 1 aliphatic rings. The van der Waals surface area contributed by atoms with Gasteiger partial charge >= 0.3 is 0 Å².